The number of hydrogen-bond acceptors (Lipinski definition) is 1. The Morgan fingerprint density at radius 2 is 1.29 bits per heavy atom. The summed E-state index contributed by atoms with van der Waals surface area (Å²) < 4.78 is 0. The maximum Gasteiger partial charge on any atom is 0.0319 e. The summed E-state index contributed by atoms with van der Waals surface area (Å²) in [5.74, 6) is 0. The standard InChI is InChI=1S/C5H10.CH4O/c1-5(2)3-4-5;1-2/h3-4H2,1-2H3;2H,1H3. The third-order valence-corrected chi connectivity index (χ3v) is 1.25. The summed E-state index contributed by atoms with van der Waals surface area (Å²) in [5, 5.41) is 7.00. The van der Waals surface area contributed by atoms with Crippen LogP contribution in [-0.2, 0) is 0 Å². The number of rotatable bonds is 0. The van der Waals surface area contributed by atoms with Crippen LogP contribution in [-0.4, -0.2) is 12.2 Å². The zero-order valence-electron chi connectivity index (χ0n) is 5.36. The topological polar surface area (TPSA) is 20.2 Å². The minimum absolute atomic E-state index is 0.750. The number of hydrogen-bond donors (Lipinski definition) is 1. The van der Waals surface area contributed by atoms with Crippen molar-refractivity contribution in [3.05, 3.63) is 0 Å². The zero-order chi connectivity index (χ0) is 5.91. The fourth-order valence-electron chi connectivity index (χ4n) is 0.250. The molecule has 0 unspecified atom stereocenters. The maximum atomic E-state index is 7.00. The Hall–Kier alpha value is -0.0400. The van der Waals surface area contributed by atoms with Gasteiger partial charge in [0.1, 0.15) is 0 Å². The monoisotopic (exact) mass is 102 g/mol. The second-order valence-electron chi connectivity index (χ2n) is 2.66. The lowest BCUT2D eigenvalue weighted by Crippen LogP contribution is -1.75. The molecule has 1 aliphatic carbocycles. The summed E-state index contributed by atoms with van der Waals surface area (Å²) in [6.07, 6.45) is 2.90. The number of aliphatic hydroxyl groups is 1. The molecule has 0 aliphatic heterocycles. The molecule has 44 valence electrons. The van der Waals surface area contributed by atoms with Crippen LogP contribution in [0.15, 0.2) is 0 Å². The molecule has 0 amide bonds. The molecule has 1 fully saturated rings. The average Bonchev–Trinajstić information content (AvgIpc) is 2.26. The third kappa shape index (κ3) is 3.80. The predicted molar refractivity (Wildman–Crippen MR) is 31.2 cm³/mol. The molecule has 1 rings (SSSR count). The third-order valence-electron chi connectivity index (χ3n) is 1.25. The van der Waals surface area contributed by atoms with E-state index in [1.54, 1.807) is 0 Å². The molecule has 0 spiro atoms. The molecular weight excluding hydrogens is 88.1 g/mol. The van der Waals surface area contributed by atoms with Gasteiger partial charge >= 0.3 is 0 Å². The van der Waals surface area contributed by atoms with Crippen molar-refractivity contribution in [3.8, 4) is 0 Å². The summed E-state index contributed by atoms with van der Waals surface area (Å²) in [5.41, 5.74) is 0.750. The van der Waals surface area contributed by atoms with E-state index < -0.39 is 0 Å². The van der Waals surface area contributed by atoms with Crippen LogP contribution in [0.2, 0.25) is 0 Å². The van der Waals surface area contributed by atoms with Gasteiger partial charge in [-0.15, -0.1) is 0 Å². The van der Waals surface area contributed by atoms with Crippen LogP contribution >= 0.6 is 0 Å². The summed E-state index contributed by atoms with van der Waals surface area (Å²) in [4.78, 5) is 0. The van der Waals surface area contributed by atoms with Gasteiger partial charge in [-0.2, -0.15) is 0 Å². The maximum absolute atomic E-state index is 7.00. The van der Waals surface area contributed by atoms with Crippen molar-refractivity contribution in [2.75, 3.05) is 7.11 Å². The van der Waals surface area contributed by atoms with Crippen LogP contribution in [0.5, 0.6) is 0 Å². The van der Waals surface area contributed by atoms with Crippen LogP contribution in [0.3, 0.4) is 0 Å². The van der Waals surface area contributed by atoms with Crippen LogP contribution in [0.1, 0.15) is 26.7 Å². The van der Waals surface area contributed by atoms with Crippen molar-refractivity contribution in [1.82, 2.24) is 0 Å². The summed E-state index contributed by atoms with van der Waals surface area (Å²) in [6.45, 7) is 4.60. The molecular formula is C6H14O. The van der Waals surface area contributed by atoms with Gasteiger partial charge in [0, 0.05) is 7.11 Å². The SMILES string of the molecule is CC1(C)CC1.CO. The van der Waals surface area contributed by atoms with Gasteiger partial charge in [-0.1, -0.05) is 13.8 Å². The fraction of sp³-hybridized carbons (Fsp3) is 1.00. The molecule has 1 N–H and O–H groups in total. The fourth-order valence-corrected chi connectivity index (χ4v) is 0.250. The first kappa shape index (κ1) is 6.96. The van der Waals surface area contributed by atoms with E-state index in [1.807, 2.05) is 0 Å². The highest BCUT2D eigenvalue weighted by atomic mass is 16.2. The molecule has 1 aliphatic rings. The molecule has 0 aromatic heterocycles. The second-order valence-corrected chi connectivity index (χ2v) is 2.66. The Labute approximate surface area is 45.4 Å². The lowest BCUT2D eigenvalue weighted by Gasteiger charge is -1.86. The van der Waals surface area contributed by atoms with Crippen LogP contribution in [0, 0.1) is 5.41 Å². The molecule has 0 atom stereocenters. The van der Waals surface area contributed by atoms with Gasteiger partial charge in [-0.05, 0) is 18.3 Å². The molecule has 0 saturated heterocycles. The molecule has 1 saturated carbocycles. The molecule has 0 heterocycles. The van der Waals surface area contributed by atoms with Crippen LogP contribution < -0.4 is 0 Å². The van der Waals surface area contributed by atoms with Gasteiger partial charge in [0.05, 0.1) is 0 Å². The summed E-state index contributed by atoms with van der Waals surface area (Å²) >= 11 is 0. The molecule has 0 bridgehead atoms. The molecule has 1 heteroatoms. The van der Waals surface area contributed by atoms with Crippen molar-refractivity contribution in [1.29, 1.82) is 0 Å². The smallest absolute Gasteiger partial charge is 0.0319 e. The highest BCUT2D eigenvalue weighted by Crippen LogP contribution is 2.43. The van der Waals surface area contributed by atoms with E-state index in [2.05, 4.69) is 13.8 Å². The van der Waals surface area contributed by atoms with Gasteiger partial charge in [0.25, 0.3) is 0 Å². The Morgan fingerprint density at radius 3 is 1.29 bits per heavy atom. The van der Waals surface area contributed by atoms with E-state index >= 15 is 0 Å². The molecule has 0 radical (unpaired) electrons. The predicted octanol–water partition coefficient (Wildman–Crippen LogP) is 1.41. The Bertz CT molecular complexity index is 42.1. The van der Waals surface area contributed by atoms with E-state index in [1.165, 1.54) is 12.8 Å². The molecule has 0 aromatic carbocycles. The van der Waals surface area contributed by atoms with Gasteiger partial charge < -0.3 is 5.11 Å². The van der Waals surface area contributed by atoms with Crippen molar-refractivity contribution in [3.63, 3.8) is 0 Å². The largest absolute Gasteiger partial charge is 0.400 e. The van der Waals surface area contributed by atoms with Gasteiger partial charge in [0.2, 0.25) is 0 Å². The Balaban J connectivity index is 0.000000162. The second kappa shape index (κ2) is 2.31. The number of aliphatic hydroxyl groups excluding tert-OH is 1. The Kier molecular flexibility index (Phi) is 2.30. The average molecular weight is 102 g/mol. The van der Waals surface area contributed by atoms with E-state index in [9.17, 15) is 0 Å². The van der Waals surface area contributed by atoms with Gasteiger partial charge in [0.15, 0.2) is 0 Å². The normalized spacial score (nSPS) is 22.3. The van der Waals surface area contributed by atoms with Crippen molar-refractivity contribution < 1.29 is 5.11 Å². The highest BCUT2D eigenvalue weighted by Gasteiger charge is 2.30. The van der Waals surface area contributed by atoms with Gasteiger partial charge in [-0.25, -0.2) is 0 Å². The van der Waals surface area contributed by atoms with E-state index in [4.69, 9.17) is 5.11 Å². The van der Waals surface area contributed by atoms with E-state index in [0.29, 0.717) is 0 Å². The summed E-state index contributed by atoms with van der Waals surface area (Å²) in [6, 6.07) is 0. The zero-order valence-corrected chi connectivity index (χ0v) is 5.36. The minimum Gasteiger partial charge on any atom is -0.400 e. The quantitative estimate of drug-likeness (QED) is 0.490. The Morgan fingerprint density at radius 1 is 1.14 bits per heavy atom. The van der Waals surface area contributed by atoms with Crippen molar-refractivity contribution in [2.45, 2.75) is 26.7 Å². The lowest BCUT2D eigenvalue weighted by atomic mass is 10.2. The molecule has 1 nitrogen and oxygen atoms in total. The van der Waals surface area contributed by atoms with Gasteiger partial charge in [-0.3, -0.25) is 0 Å². The first-order chi connectivity index (χ1) is 3.21. The van der Waals surface area contributed by atoms with Crippen molar-refractivity contribution >= 4 is 0 Å². The van der Waals surface area contributed by atoms with Crippen LogP contribution in [0.4, 0.5) is 0 Å². The van der Waals surface area contributed by atoms with E-state index in [0.717, 1.165) is 12.5 Å². The first-order valence-electron chi connectivity index (χ1n) is 2.65. The molecule has 0 aromatic rings. The molecule has 7 heavy (non-hydrogen) atoms. The lowest BCUT2D eigenvalue weighted by molar-refractivity contribution is 0.399. The first-order valence-corrected chi connectivity index (χ1v) is 2.65. The summed E-state index contributed by atoms with van der Waals surface area (Å²) in [7, 11) is 1.00. The van der Waals surface area contributed by atoms with Crippen molar-refractivity contribution in [2.24, 2.45) is 5.41 Å². The van der Waals surface area contributed by atoms with E-state index in [-0.39, 0.29) is 0 Å². The van der Waals surface area contributed by atoms with Crippen LogP contribution in [0.25, 0.3) is 0 Å². The highest BCUT2D eigenvalue weighted by molar-refractivity contribution is 4.82. The minimum atomic E-state index is 0.750.